The smallest absolute Gasteiger partial charge is 0.255 e. The van der Waals surface area contributed by atoms with E-state index in [1.54, 1.807) is 12.1 Å². The molecule has 1 aliphatic heterocycles. The number of para-hydroxylation sites is 1. The summed E-state index contributed by atoms with van der Waals surface area (Å²) < 4.78 is 11.8. The Kier molecular flexibility index (Phi) is 6.98. The van der Waals surface area contributed by atoms with Crippen molar-refractivity contribution in [2.75, 3.05) is 11.9 Å². The number of nitrogens with zero attached hydrogens (tertiary/aromatic N) is 3. The van der Waals surface area contributed by atoms with Crippen LogP contribution < -0.4 is 14.8 Å². The van der Waals surface area contributed by atoms with Gasteiger partial charge in [-0.1, -0.05) is 60.2 Å². The van der Waals surface area contributed by atoms with Gasteiger partial charge < -0.3 is 14.8 Å². The van der Waals surface area contributed by atoms with E-state index in [1.165, 1.54) is 24.0 Å². The molecule has 0 fully saturated rings. The van der Waals surface area contributed by atoms with Gasteiger partial charge in [0.05, 0.1) is 5.69 Å². The van der Waals surface area contributed by atoms with Crippen LogP contribution in [0.1, 0.15) is 52.7 Å². The Bertz CT molecular complexity index is 1240. The first kappa shape index (κ1) is 22.6. The number of unbranched alkanes of at least 4 members (excludes halogenated alkanes) is 2. The standard InChI is InChI=1S/C27H27N5O3/c33-27(21-16-14-20(15-17-21)11-6-2-5-10-19-8-3-1-4-9-19)28-22-12-7-13-23-25(22)35-24(18-34-23)26-29-31-32-30-26/h1,3-4,7-9,12-17,24H,2,5-6,10-11,18H2,(H,28,33)(H,29,30,31,32). The van der Waals surface area contributed by atoms with Crippen molar-refractivity contribution in [3.05, 3.63) is 95.3 Å². The van der Waals surface area contributed by atoms with Gasteiger partial charge in [-0.3, -0.25) is 4.79 Å². The van der Waals surface area contributed by atoms with E-state index in [0.717, 1.165) is 19.3 Å². The minimum absolute atomic E-state index is 0.210. The lowest BCUT2D eigenvalue weighted by atomic mass is 10.0. The average molecular weight is 470 g/mol. The summed E-state index contributed by atoms with van der Waals surface area (Å²) in [5.41, 5.74) is 3.74. The highest BCUT2D eigenvalue weighted by Crippen LogP contribution is 2.41. The highest BCUT2D eigenvalue weighted by molar-refractivity contribution is 6.05. The number of ether oxygens (including phenoxy) is 2. The number of tetrazole rings is 1. The maximum absolute atomic E-state index is 12.9. The second kappa shape index (κ2) is 10.8. The van der Waals surface area contributed by atoms with E-state index in [0.29, 0.717) is 28.6 Å². The van der Waals surface area contributed by atoms with Gasteiger partial charge in [0, 0.05) is 5.56 Å². The number of H-pyrrole nitrogens is 1. The molecule has 3 aromatic carbocycles. The van der Waals surface area contributed by atoms with Crippen molar-refractivity contribution in [3.63, 3.8) is 0 Å². The number of carbonyl (C=O) groups excluding carboxylic acids is 1. The van der Waals surface area contributed by atoms with E-state index in [2.05, 4.69) is 56.3 Å². The van der Waals surface area contributed by atoms with Gasteiger partial charge in [-0.15, -0.1) is 10.2 Å². The lowest BCUT2D eigenvalue weighted by Crippen LogP contribution is -2.24. The molecule has 2 N–H and O–H groups in total. The zero-order chi connectivity index (χ0) is 23.9. The number of fused-ring (bicyclic) bond motifs is 1. The first-order valence-corrected chi connectivity index (χ1v) is 11.9. The van der Waals surface area contributed by atoms with Gasteiger partial charge in [-0.05, 0) is 61.1 Å². The molecular weight excluding hydrogens is 442 g/mol. The number of aromatic nitrogens is 4. The van der Waals surface area contributed by atoms with Crippen molar-refractivity contribution >= 4 is 11.6 Å². The number of aryl methyl sites for hydroxylation is 2. The molecule has 2 heterocycles. The molecule has 8 heteroatoms. The number of rotatable bonds is 9. The number of aromatic amines is 1. The number of anilines is 1. The lowest BCUT2D eigenvalue weighted by molar-refractivity contribution is 0.0856. The van der Waals surface area contributed by atoms with Gasteiger partial charge in [0.15, 0.2) is 17.6 Å². The van der Waals surface area contributed by atoms with Crippen LogP contribution in [-0.4, -0.2) is 33.1 Å². The number of carbonyl (C=O) groups is 1. The van der Waals surface area contributed by atoms with E-state index < -0.39 is 6.10 Å². The predicted octanol–water partition coefficient (Wildman–Crippen LogP) is 4.92. The molecule has 0 saturated heterocycles. The summed E-state index contributed by atoms with van der Waals surface area (Å²) in [7, 11) is 0. The quantitative estimate of drug-likeness (QED) is 0.337. The predicted molar refractivity (Wildman–Crippen MR) is 132 cm³/mol. The molecular formula is C27H27N5O3. The molecule has 1 atom stereocenters. The average Bonchev–Trinajstić information content (AvgIpc) is 3.45. The normalized spacial score (nSPS) is 14.5. The second-order valence-corrected chi connectivity index (χ2v) is 8.52. The molecule has 0 aliphatic carbocycles. The Morgan fingerprint density at radius 3 is 2.43 bits per heavy atom. The molecule has 5 rings (SSSR count). The first-order chi connectivity index (χ1) is 17.3. The van der Waals surface area contributed by atoms with E-state index >= 15 is 0 Å². The van der Waals surface area contributed by atoms with Crippen LogP contribution in [0.2, 0.25) is 0 Å². The van der Waals surface area contributed by atoms with Gasteiger partial charge in [-0.2, -0.15) is 5.21 Å². The summed E-state index contributed by atoms with van der Waals surface area (Å²) >= 11 is 0. The summed E-state index contributed by atoms with van der Waals surface area (Å²) in [6.07, 6.45) is 5.12. The number of benzene rings is 3. The van der Waals surface area contributed by atoms with Gasteiger partial charge in [0.2, 0.25) is 5.82 Å². The third kappa shape index (κ3) is 5.66. The van der Waals surface area contributed by atoms with Crippen LogP contribution in [0, 0.1) is 0 Å². The maximum Gasteiger partial charge on any atom is 0.255 e. The van der Waals surface area contributed by atoms with Crippen molar-refractivity contribution in [3.8, 4) is 11.5 Å². The molecule has 8 nitrogen and oxygen atoms in total. The Labute approximate surface area is 203 Å². The van der Waals surface area contributed by atoms with E-state index in [1.807, 2.05) is 30.3 Å². The number of nitrogens with one attached hydrogen (secondary N) is 2. The molecule has 0 bridgehead atoms. The third-order valence-electron chi connectivity index (χ3n) is 6.02. The summed E-state index contributed by atoms with van der Waals surface area (Å²) in [6, 6.07) is 23.8. The Morgan fingerprint density at radius 2 is 1.69 bits per heavy atom. The van der Waals surface area contributed by atoms with Crippen molar-refractivity contribution < 1.29 is 14.3 Å². The second-order valence-electron chi connectivity index (χ2n) is 8.52. The van der Waals surface area contributed by atoms with E-state index in [-0.39, 0.29) is 12.5 Å². The molecule has 4 aromatic rings. The van der Waals surface area contributed by atoms with Crippen molar-refractivity contribution in [2.24, 2.45) is 0 Å². The minimum atomic E-state index is -0.508. The topological polar surface area (TPSA) is 102 Å². The Morgan fingerprint density at radius 1 is 0.914 bits per heavy atom. The first-order valence-electron chi connectivity index (χ1n) is 11.9. The molecule has 1 amide bonds. The molecule has 35 heavy (non-hydrogen) atoms. The molecule has 0 radical (unpaired) electrons. The molecule has 0 saturated carbocycles. The number of hydrogen-bond acceptors (Lipinski definition) is 6. The highest BCUT2D eigenvalue weighted by Gasteiger charge is 2.28. The van der Waals surface area contributed by atoms with Crippen LogP contribution >= 0.6 is 0 Å². The van der Waals surface area contributed by atoms with Gasteiger partial charge in [-0.25, -0.2) is 0 Å². The molecule has 1 aliphatic rings. The lowest BCUT2D eigenvalue weighted by Gasteiger charge is -2.26. The van der Waals surface area contributed by atoms with Crippen LogP contribution in [0.15, 0.2) is 72.8 Å². The zero-order valence-corrected chi connectivity index (χ0v) is 19.3. The minimum Gasteiger partial charge on any atom is -0.485 e. The van der Waals surface area contributed by atoms with Crippen LogP contribution in [0.25, 0.3) is 0 Å². The molecule has 178 valence electrons. The van der Waals surface area contributed by atoms with E-state index in [9.17, 15) is 4.79 Å². The van der Waals surface area contributed by atoms with Crippen LogP contribution in [0.5, 0.6) is 11.5 Å². The number of hydrogen-bond donors (Lipinski definition) is 2. The summed E-state index contributed by atoms with van der Waals surface area (Å²) in [6.45, 7) is 0.262. The Balaban J connectivity index is 1.14. The van der Waals surface area contributed by atoms with Crippen LogP contribution in [-0.2, 0) is 12.8 Å². The van der Waals surface area contributed by atoms with Crippen molar-refractivity contribution in [2.45, 2.75) is 38.2 Å². The van der Waals surface area contributed by atoms with Crippen LogP contribution in [0.4, 0.5) is 5.69 Å². The largest absolute Gasteiger partial charge is 0.485 e. The maximum atomic E-state index is 12.9. The molecule has 1 aromatic heterocycles. The fraction of sp³-hybridized carbons (Fsp3) is 0.259. The summed E-state index contributed by atoms with van der Waals surface area (Å²) in [4.78, 5) is 12.9. The van der Waals surface area contributed by atoms with Crippen molar-refractivity contribution in [1.29, 1.82) is 0 Å². The monoisotopic (exact) mass is 469 g/mol. The fourth-order valence-electron chi connectivity index (χ4n) is 4.12. The van der Waals surface area contributed by atoms with Gasteiger partial charge >= 0.3 is 0 Å². The molecule has 1 unspecified atom stereocenters. The zero-order valence-electron chi connectivity index (χ0n) is 19.3. The summed E-state index contributed by atoms with van der Waals surface area (Å²) in [5.74, 6) is 1.20. The SMILES string of the molecule is O=C(Nc1cccc2c1OC(c1nn[nH]n1)CO2)c1ccc(CCCCCc2ccccc2)cc1. The van der Waals surface area contributed by atoms with Gasteiger partial charge in [0.25, 0.3) is 5.91 Å². The van der Waals surface area contributed by atoms with Crippen molar-refractivity contribution in [1.82, 2.24) is 20.6 Å². The third-order valence-corrected chi connectivity index (χ3v) is 6.02. The summed E-state index contributed by atoms with van der Waals surface area (Å²) in [5, 5.41) is 16.9. The number of amides is 1. The molecule has 0 spiro atoms. The van der Waals surface area contributed by atoms with Gasteiger partial charge in [0.1, 0.15) is 6.61 Å². The Hall–Kier alpha value is -4.20. The van der Waals surface area contributed by atoms with E-state index in [4.69, 9.17) is 9.47 Å². The van der Waals surface area contributed by atoms with Crippen LogP contribution in [0.3, 0.4) is 0 Å². The fourth-order valence-corrected chi connectivity index (χ4v) is 4.12. The highest BCUT2D eigenvalue weighted by atomic mass is 16.6.